The van der Waals surface area contributed by atoms with Gasteiger partial charge in [-0.3, -0.25) is 0 Å². The van der Waals surface area contributed by atoms with Crippen LogP contribution < -0.4 is 4.74 Å². The molecule has 3 nitrogen and oxygen atoms in total. The van der Waals surface area contributed by atoms with Crippen molar-refractivity contribution in [3.05, 3.63) is 72.6 Å². The molecule has 0 aliphatic heterocycles. The van der Waals surface area contributed by atoms with Gasteiger partial charge in [-0.05, 0) is 36.6 Å². The van der Waals surface area contributed by atoms with Gasteiger partial charge in [-0.2, -0.15) is 0 Å². The van der Waals surface area contributed by atoms with Gasteiger partial charge in [0.15, 0.2) is 0 Å². The van der Waals surface area contributed by atoms with E-state index in [2.05, 4.69) is 48.4 Å². The quantitative estimate of drug-likeness (QED) is 0.260. The van der Waals surface area contributed by atoms with E-state index in [1.165, 1.54) is 44.0 Å². The first-order valence-corrected chi connectivity index (χ1v) is 10.6. The number of para-hydroxylation sites is 3. The normalized spacial score (nSPS) is 11.0. The highest BCUT2D eigenvalue weighted by Crippen LogP contribution is 2.22. The number of benzene rings is 2. The molecule has 0 saturated carbocycles. The maximum absolute atomic E-state index is 6.17. The molecule has 148 valence electrons. The third kappa shape index (κ3) is 5.25. The molecular weight excluding hydrogens is 344 g/mol. The molecule has 3 heteroatoms. The first kappa shape index (κ1) is 20.2. The highest BCUT2D eigenvalue weighted by atomic mass is 16.5. The van der Waals surface area contributed by atoms with Gasteiger partial charge in [-0.15, -0.1) is 6.58 Å². The van der Waals surface area contributed by atoms with Crippen molar-refractivity contribution in [3.8, 4) is 5.75 Å². The monoisotopic (exact) mass is 376 g/mol. The largest absolute Gasteiger partial charge is 0.485 e. The summed E-state index contributed by atoms with van der Waals surface area (Å²) in [6, 6.07) is 16.6. The minimum absolute atomic E-state index is 0.485. The number of aromatic nitrogens is 2. The van der Waals surface area contributed by atoms with Crippen LogP contribution in [0.3, 0.4) is 0 Å². The molecule has 0 amide bonds. The fourth-order valence-corrected chi connectivity index (χ4v) is 3.65. The van der Waals surface area contributed by atoms with Crippen molar-refractivity contribution < 1.29 is 4.74 Å². The van der Waals surface area contributed by atoms with E-state index in [9.17, 15) is 0 Å². The lowest BCUT2D eigenvalue weighted by atomic mass is 10.1. The zero-order chi connectivity index (χ0) is 19.6. The number of nitrogens with zero attached hydrogens (tertiary/aromatic N) is 2. The molecule has 3 rings (SSSR count). The number of imidazole rings is 1. The van der Waals surface area contributed by atoms with Gasteiger partial charge in [0.25, 0.3) is 0 Å². The van der Waals surface area contributed by atoms with E-state index in [0.717, 1.165) is 35.6 Å². The SMILES string of the molecule is C=CCc1ccccc1OCc1nc2ccccc2n1CCCCCCCC. The summed E-state index contributed by atoms with van der Waals surface area (Å²) in [5.41, 5.74) is 3.41. The van der Waals surface area contributed by atoms with E-state index >= 15 is 0 Å². The van der Waals surface area contributed by atoms with Gasteiger partial charge in [0, 0.05) is 6.54 Å². The molecule has 0 fully saturated rings. The molecule has 0 aliphatic carbocycles. The Labute approximate surface area is 169 Å². The molecule has 1 aromatic heterocycles. The Morgan fingerprint density at radius 1 is 0.964 bits per heavy atom. The van der Waals surface area contributed by atoms with E-state index in [-0.39, 0.29) is 0 Å². The van der Waals surface area contributed by atoms with Crippen LogP contribution >= 0.6 is 0 Å². The number of hydrogen-bond acceptors (Lipinski definition) is 2. The van der Waals surface area contributed by atoms with Crippen molar-refractivity contribution in [1.29, 1.82) is 0 Å². The van der Waals surface area contributed by atoms with Crippen molar-refractivity contribution in [3.63, 3.8) is 0 Å². The van der Waals surface area contributed by atoms with Gasteiger partial charge in [-0.1, -0.05) is 75.4 Å². The Bertz CT molecular complexity index is 881. The number of ether oxygens (including phenoxy) is 1. The minimum atomic E-state index is 0.485. The summed E-state index contributed by atoms with van der Waals surface area (Å²) in [5, 5.41) is 0. The van der Waals surface area contributed by atoms with Crippen LogP contribution in [0.25, 0.3) is 11.0 Å². The Hall–Kier alpha value is -2.55. The molecular formula is C25H32N2O. The molecule has 0 saturated heterocycles. The summed E-state index contributed by atoms with van der Waals surface area (Å²) in [6.45, 7) is 7.59. The highest BCUT2D eigenvalue weighted by Gasteiger charge is 2.12. The number of aryl methyl sites for hydroxylation is 1. The number of fused-ring (bicyclic) bond motifs is 1. The summed E-state index contributed by atoms with van der Waals surface area (Å²) < 4.78 is 8.51. The highest BCUT2D eigenvalue weighted by molar-refractivity contribution is 5.75. The fraction of sp³-hybridized carbons (Fsp3) is 0.400. The minimum Gasteiger partial charge on any atom is -0.485 e. The van der Waals surface area contributed by atoms with Crippen molar-refractivity contribution >= 4 is 11.0 Å². The molecule has 0 aliphatic rings. The van der Waals surface area contributed by atoms with Gasteiger partial charge >= 0.3 is 0 Å². The van der Waals surface area contributed by atoms with Crippen molar-refractivity contribution in [2.45, 2.75) is 65.0 Å². The second-order valence-corrected chi connectivity index (χ2v) is 7.33. The third-order valence-corrected chi connectivity index (χ3v) is 5.16. The van der Waals surface area contributed by atoms with Crippen molar-refractivity contribution in [1.82, 2.24) is 9.55 Å². The summed E-state index contributed by atoms with van der Waals surface area (Å²) in [7, 11) is 0. The molecule has 0 spiro atoms. The zero-order valence-corrected chi connectivity index (χ0v) is 17.1. The first-order valence-electron chi connectivity index (χ1n) is 10.6. The maximum atomic E-state index is 6.17. The molecule has 0 radical (unpaired) electrons. The third-order valence-electron chi connectivity index (χ3n) is 5.16. The van der Waals surface area contributed by atoms with E-state index in [4.69, 9.17) is 9.72 Å². The number of unbranched alkanes of at least 4 members (excludes halogenated alkanes) is 5. The van der Waals surface area contributed by atoms with E-state index in [0.29, 0.717) is 6.61 Å². The average molecular weight is 377 g/mol. The van der Waals surface area contributed by atoms with Crippen LogP contribution in [0.15, 0.2) is 61.2 Å². The predicted octanol–water partition coefficient (Wildman–Crippen LogP) is 6.70. The Balaban J connectivity index is 1.70. The van der Waals surface area contributed by atoms with Crippen molar-refractivity contribution in [2.75, 3.05) is 0 Å². The molecule has 28 heavy (non-hydrogen) atoms. The molecule has 0 unspecified atom stereocenters. The molecule has 2 aromatic carbocycles. The summed E-state index contributed by atoms with van der Waals surface area (Å²) in [6.07, 6.45) is 10.5. The topological polar surface area (TPSA) is 27.1 Å². The number of allylic oxidation sites excluding steroid dienone is 1. The number of hydrogen-bond donors (Lipinski definition) is 0. The Morgan fingerprint density at radius 2 is 1.71 bits per heavy atom. The predicted molar refractivity (Wildman–Crippen MR) is 118 cm³/mol. The van der Waals surface area contributed by atoms with E-state index in [1.807, 2.05) is 24.3 Å². The lowest BCUT2D eigenvalue weighted by Crippen LogP contribution is -2.08. The average Bonchev–Trinajstić information content (AvgIpc) is 3.08. The lowest BCUT2D eigenvalue weighted by molar-refractivity contribution is 0.287. The molecule has 0 bridgehead atoms. The van der Waals surface area contributed by atoms with Gasteiger partial charge in [0.1, 0.15) is 18.2 Å². The Morgan fingerprint density at radius 3 is 2.57 bits per heavy atom. The summed E-state index contributed by atoms with van der Waals surface area (Å²) in [5.74, 6) is 1.92. The molecule has 0 atom stereocenters. The Kier molecular flexibility index (Phi) is 7.71. The van der Waals surface area contributed by atoms with Gasteiger partial charge in [-0.25, -0.2) is 4.98 Å². The standard InChI is InChI=1S/C25H32N2O/c1-3-5-6-7-8-13-19-27-23-17-11-10-16-22(23)26-25(27)20-28-24-18-12-9-15-21(24)14-4-2/h4,9-12,15-18H,2-3,5-8,13-14,19-20H2,1H3. The second-order valence-electron chi connectivity index (χ2n) is 7.33. The van der Waals surface area contributed by atoms with Crippen LogP contribution in [0.1, 0.15) is 56.8 Å². The van der Waals surface area contributed by atoms with Crippen LogP contribution in [0.4, 0.5) is 0 Å². The molecule has 0 N–H and O–H groups in total. The van der Waals surface area contributed by atoms with Gasteiger partial charge in [0.2, 0.25) is 0 Å². The van der Waals surface area contributed by atoms with E-state index in [1.54, 1.807) is 0 Å². The fourth-order valence-electron chi connectivity index (χ4n) is 3.65. The van der Waals surface area contributed by atoms with E-state index < -0.39 is 0 Å². The van der Waals surface area contributed by atoms with Crippen LogP contribution in [0.5, 0.6) is 5.75 Å². The maximum Gasteiger partial charge on any atom is 0.147 e. The lowest BCUT2D eigenvalue weighted by Gasteiger charge is -2.12. The van der Waals surface area contributed by atoms with Crippen LogP contribution in [0.2, 0.25) is 0 Å². The molecule has 3 aromatic rings. The van der Waals surface area contributed by atoms with Gasteiger partial charge in [0.05, 0.1) is 11.0 Å². The number of rotatable bonds is 12. The summed E-state index contributed by atoms with van der Waals surface area (Å²) >= 11 is 0. The smallest absolute Gasteiger partial charge is 0.147 e. The zero-order valence-electron chi connectivity index (χ0n) is 17.1. The second kappa shape index (κ2) is 10.7. The summed E-state index contributed by atoms with van der Waals surface area (Å²) in [4.78, 5) is 4.85. The van der Waals surface area contributed by atoms with Crippen LogP contribution in [-0.2, 0) is 19.6 Å². The van der Waals surface area contributed by atoms with Crippen molar-refractivity contribution in [2.24, 2.45) is 0 Å². The van der Waals surface area contributed by atoms with Crippen LogP contribution in [0, 0.1) is 0 Å². The van der Waals surface area contributed by atoms with Gasteiger partial charge < -0.3 is 9.30 Å². The first-order chi connectivity index (χ1) is 13.8. The molecule has 1 heterocycles. The van der Waals surface area contributed by atoms with Crippen LogP contribution in [-0.4, -0.2) is 9.55 Å².